The largest absolute Gasteiger partial charge is 0.326 e. The molecular weight excluding hydrogens is 316 g/mol. The van der Waals surface area contributed by atoms with Crippen LogP contribution in [0.5, 0.6) is 0 Å². The summed E-state index contributed by atoms with van der Waals surface area (Å²) in [5, 5.41) is 7.53. The molecule has 0 atom stereocenters. The second-order valence-electron chi connectivity index (χ2n) is 4.50. The van der Waals surface area contributed by atoms with Crippen molar-refractivity contribution >= 4 is 46.3 Å². The number of anilines is 2. The highest BCUT2D eigenvalue weighted by atomic mass is 32.2. The Bertz CT molecular complexity index is 610. The van der Waals surface area contributed by atoms with E-state index in [-0.39, 0.29) is 11.8 Å². The average molecular weight is 334 g/mol. The summed E-state index contributed by atoms with van der Waals surface area (Å²) in [5.74, 6) is 1.74. The Labute approximate surface area is 138 Å². The first-order valence-electron chi connectivity index (χ1n) is 7.01. The van der Waals surface area contributed by atoms with E-state index in [0.29, 0.717) is 17.0 Å². The summed E-state index contributed by atoms with van der Waals surface area (Å²) in [5.41, 5.74) is 1.44. The normalized spacial score (nSPS) is 10.2. The van der Waals surface area contributed by atoms with Crippen molar-refractivity contribution in [1.82, 2.24) is 0 Å². The van der Waals surface area contributed by atoms with Crippen LogP contribution in [0.15, 0.2) is 41.8 Å². The van der Waals surface area contributed by atoms with Crippen LogP contribution in [0.2, 0.25) is 0 Å². The molecule has 0 spiro atoms. The van der Waals surface area contributed by atoms with E-state index < -0.39 is 0 Å². The third-order valence-corrected chi connectivity index (χ3v) is 4.62. The highest BCUT2D eigenvalue weighted by Crippen LogP contribution is 2.16. The van der Waals surface area contributed by atoms with Crippen molar-refractivity contribution in [2.45, 2.75) is 13.3 Å². The van der Waals surface area contributed by atoms with Crippen LogP contribution in [0.25, 0.3) is 0 Å². The Kier molecular flexibility index (Phi) is 6.48. The van der Waals surface area contributed by atoms with Crippen molar-refractivity contribution in [1.29, 1.82) is 0 Å². The average Bonchev–Trinajstić information content (AvgIpc) is 3.04. The van der Waals surface area contributed by atoms with E-state index in [4.69, 9.17) is 0 Å². The Morgan fingerprint density at radius 3 is 2.36 bits per heavy atom. The fourth-order valence-electron chi connectivity index (χ4n) is 1.77. The zero-order valence-corrected chi connectivity index (χ0v) is 13.9. The van der Waals surface area contributed by atoms with Crippen LogP contribution < -0.4 is 10.6 Å². The standard InChI is InChI=1S/C16H18N2O2S2/c1-2-21-11-9-15(19)17-12-5-7-13(8-6-12)18-16(20)14-4-3-10-22-14/h3-8,10H,2,9,11H2,1H3,(H,17,19)(H,18,20). The number of nitrogens with one attached hydrogen (secondary N) is 2. The zero-order chi connectivity index (χ0) is 15.8. The Balaban J connectivity index is 1.85. The molecule has 0 aliphatic heterocycles. The highest BCUT2D eigenvalue weighted by molar-refractivity contribution is 7.99. The molecule has 6 heteroatoms. The van der Waals surface area contributed by atoms with Crippen LogP contribution in [-0.2, 0) is 4.79 Å². The lowest BCUT2D eigenvalue weighted by atomic mass is 10.2. The van der Waals surface area contributed by atoms with Gasteiger partial charge in [0, 0.05) is 23.5 Å². The first kappa shape index (κ1) is 16.6. The van der Waals surface area contributed by atoms with Gasteiger partial charge in [0.1, 0.15) is 0 Å². The third kappa shape index (κ3) is 5.20. The number of thioether (sulfide) groups is 1. The molecule has 2 rings (SSSR count). The molecule has 1 aromatic carbocycles. The van der Waals surface area contributed by atoms with Crippen molar-refractivity contribution < 1.29 is 9.59 Å². The predicted molar refractivity (Wildman–Crippen MR) is 95.0 cm³/mol. The molecule has 116 valence electrons. The van der Waals surface area contributed by atoms with Gasteiger partial charge >= 0.3 is 0 Å². The van der Waals surface area contributed by atoms with Crippen molar-refractivity contribution in [2.75, 3.05) is 22.1 Å². The van der Waals surface area contributed by atoms with Gasteiger partial charge in [-0.3, -0.25) is 9.59 Å². The molecule has 0 fully saturated rings. The Morgan fingerprint density at radius 1 is 1.09 bits per heavy atom. The SMILES string of the molecule is CCSCCC(=O)Nc1ccc(NC(=O)c2cccs2)cc1. The molecule has 4 nitrogen and oxygen atoms in total. The summed E-state index contributed by atoms with van der Waals surface area (Å²) in [6, 6.07) is 10.8. The lowest BCUT2D eigenvalue weighted by Gasteiger charge is -2.07. The van der Waals surface area contributed by atoms with Crippen molar-refractivity contribution in [3.63, 3.8) is 0 Å². The van der Waals surface area contributed by atoms with Gasteiger partial charge in [0.15, 0.2) is 0 Å². The van der Waals surface area contributed by atoms with Gasteiger partial charge in [0.05, 0.1) is 4.88 Å². The molecular formula is C16H18N2O2S2. The molecule has 1 aromatic heterocycles. The Morgan fingerprint density at radius 2 is 1.77 bits per heavy atom. The van der Waals surface area contributed by atoms with Gasteiger partial charge in [0.25, 0.3) is 5.91 Å². The quantitative estimate of drug-likeness (QED) is 0.750. The van der Waals surface area contributed by atoms with E-state index in [2.05, 4.69) is 17.6 Å². The van der Waals surface area contributed by atoms with Gasteiger partial charge in [0.2, 0.25) is 5.91 Å². The number of thiophene rings is 1. The highest BCUT2D eigenvalue weighted by Gasteiger charge is 2.07. The number of amides is 2. The van der Waals surface area contributed by atoms with Crippen LogP contribution in [-0.4, -0.2) is 23.3 Å². The van der Waals surface area contributed by atoms with Crippen LogP contribution in [0.3, 0.4) is 0 Å². The molecule has 2 amide bonds. The minimum atomic E-state index is -0.122. The topological polar surface area (TPSA) is 58.2 Å². The second kappa shape index (κ2) is 8.60. The van der Waals surface area contributed by atoms with Gasteiger partial charge in [-0.2, -0.15) is 11.8 Å². The predicted octanol–water partition coefficient (Wildman–Crippen LogP) is 4.08. The van der Waals surface area contributed by atoms with E-state index in [9.17, 15) is 9.59 Å². The molecule has 22 heavy (non-hydrogen) atoms. The molecule has 0 aliphatic carbocycles. The summed E-state index contributed by atoms with van der Waals surface area (Å²) in [4.78, 5) is 24.3. The van der Waals surface area contributed by atoms with Crippen molar-refractivity contribution in [3.8, 4) is 0 Å². The van der Waals surface area contributed by atoms with E-state index in [1.165, 1.54) is 11.3 Å². The van der Waals surface area contributed by atoms with Gasteiger partial charge in [-0.1, -0.05) is 13.0 Å². The fraction of sp³-hybridized carbons (Fsp3) is 0.250. The van der Waals surface area contributed by atoms with Crippen molar-refractivity contribution in [3.05, 3.63) is 46.7 Å². The minimum Gasteiger partial charge on any atom is -0.326 e. The van der Waals surface area contributed by atoms with Crippen LogP contribution >= 0.6 is 23.1 Å². The smallest absolute Gasteiger partial charge is 0.265 e. The number of carbonyl (C=O) groups is 2. The molecule has 2 aromatic rings. The Hall–Kier alpha value is -1.79. The maximum atomic E-state index is 11.9. The van der Waals surface area contributed by atoms with E-state index >= 15 is 0 Å². The summed E-state index contributed by atoms with van der Waals surface area (Å²) in [6.45, 7) is 2.08. The third-order valence-electron chi connectivity index (χ3n) is 2.85. The summed E-state index contributed by atoms with van der Waals surface area (Å²) in [7, 11) is 0. The maximum absolute atomic E-state index is 11.9. The molecule has 0 radical (unpaired) electrons. The number of benzene rings is 1. The van der Waals surface area contributed by atoms with Gasteiger partial charge in [-0.25, -0.2) is 0 Å². The lowest BCUT2D eigenvalue weighted by molar-refractivity contribution is -0.115. The molecule has 0 unspecified atom stereocenters. The molecule has 2 N–H and O–H groups in total. The van der Waals surface area contributed by atoms with E-state index in [0.717, 1.165) is 17.2 Å². The number of carbonyl (C=O) groups excluding carboxylic acids is 2. The molecule has 0 bridgehead atoms. The molecule has 0 aliphatic rings. The number of rotatable bonds is 7. The molecule has 0 saturated carbocycles. The van der Waals surface area contributed by atoms with E-state index in [1.807, 2.05) is 11.4 Å². The molecule has 0 saturated heterocycles. The van der Waals surface area contributed by atoms with Gasteiger partial charge in [-0.15, -0.1) is 11.3 Å². The van der Waals surface area contributed by atoms with Crippen LogP contribution in [0.1, 0.15) is 23.0 Å². The number of hydrogen-bond donors (Lipinski definition) is 2. The lowest BCUT2D eigenvalue weighted by Crippen LogP contribution is -2.13. The fourth-order valence-corrected chi connectivity index (χ4v) is 3.01. The first-order chi connectivity index (χ1) is 10.7. The maximum Gasteiger partial charge on any atom is 0.265 e. The summed E-state index contributed by atoms with van der Waals surface area (Å²) < 4.78 is 0. The second-order valence-corrected chi connectivity index (χ2v) is 6.85. The number of hydrogen-bond acceptors (Lipinski definition) is 4. The van der Waals surface area contributed by atoms with Gasteiger partial charge in [-0.05, 0) is 41.5 Å². The summed E-state index contributed by atoms with van der Waals surface area (Å²) >= 11 is 3.15. The summed E-state index contributed by atoms with van der Waals surface area (Å²) in [6.07, 6.45) is 0.509. The minimum absolute atomic E-state index is 0.0105. The van der Waals surface area contributed by atoms with E-state index in [1.54, 1.807) is 42.1 Å². The van der Waals surface area contributed by atoms with Gasteiger partial charge < -0.3 is 10.6 Å². The zero-order valence-electron chi connectivity index (χ0n) is 12.3. The van der Waals surface area contributed by atoms with Crippen LogP contribution in [0, 0.1) is 0 Å². The molecule has 1 heterocycles. The first-order valence-corrected chi connectivity index (χ1v) is 9.05. The monoisotopic (exact) mass is 334 g/mol. The van der Waals surface area contributed by atoms with Crippen molar-refractivity contribution in [2.24, 2.45) is 0 Å². The van der Waals surface area contributed by atoms with Crippen LogP contribution in [0.4, 0.5) is 11.4 Å².